The third-order valence-electron chi connectivity index (χ3n) is 11.1. The maximum Gasteiger partial charge on any atom is 0.164 e. The molecule has 0 saturated heterocycles. The molecule has 0 atom stereocenters. The number of nitrogens with zero attached hydrogens (tertiary/aromatic N) is 4. The Kier molecular flexibility index (Phi) is 7.03. The highest BCUT2D eigenvalue weighted by Gasteiger charge is 2.20. The number of hydrogen-bond donors (Lipinski definition) is 0. The number of fused-ring (bicyclic) bond motifs is 9. The van der Waals surface area contributed by atoms with Crippen molar-refractivity contribution in [2.75, 3.05) is 0 Å². The van der Waals surface area contributed by atoms with E-state index < -0.39 is 0 Å². The van der Waals surface area contributed by atoms with E-state index in [1.807, 2.05) is 30.3 Å². The minimum Gasteiger partial charge on any atom is -0.456 e. The first kappa shape index (κ1) is 31.9. The fourth-order valence-corrected chi connectivity index (χ4v) is 9.51. The molecule has 6 heteroatoms. The van der Waals surface area contributed by atoms with Gasteiger partial charge in [0.05, 0.1) is 11.0 Å². The lowest BCUT2D eigenvalue weighted by molar-refractivity contribution is 0.669. The van der Waals surface area contributed by atoms with Gasteiger partial charge in [0.25, 0.3) is 0 Å². The summed E-state index contributed by atoms with van der Waals surface area (Å²) in [6, 6.07) is 63.9. The highest BCUT2D eigenvalue weighted by Crippen LogP contribution is 2.40. The summed E-state index contributed by atoms with van der Waals surface area (Å²) in [5, 5.41) is 6.86. The topological polar surface area (TPSA) is 56.7 Å². The van der Waals surface area contributed by atoms with Crippen molar-refractivity contribution < 1.29 is 4.42 Å². The fourth-order valence-electron chi connectivity index (χ4n) is 8.43. The Bertz CT molecular complexity index is 3540. The maximum atomic E-state index is 6.31. The molecule has 0 amide bonds. The van der Waals surface area contributed by atoms with Crippen LogP contribution in [0.2, 0.25) is 0 Å². The summed E-state index contributed by atoms with van der Waals surface area (Å²) in [7, 11) is 0. The number of rotatable bonds is 5. The molecule has 4 heterocycles. The van der Waals surface area contributed by atoms with Crippen LogP contribution in [0.1, 0.15) is 0 Å². The molecule has 12 rings (SSSR count). The minimum atomic E-state index is 0.595. The first-order valence-corrected chi connectivity index (χ1v) is 19.8. The van der Waals surface area contributed by atoms with Gasteiger partial charge in [-0.1, -0.05) is 115 Å². The third kappa shape index (κ3) is 5.12. The van der Waals surface area contributed by atoms with Crippen molar-refractivity contribution in [1.29, 1.82) is 0 Å². The van der Waals surface area contributed by atoms with Gasteiger partial charge in [0.2, 0.25) is 0 Å². The average Bonchev–Trinajstić information content (AvgIpc) is 3.96. The van der Waals surface area contributed by atoms with Crippen LogP contribution in [0.3, 0.4) is 0 Å². The quantitative estimate of drug-likeness (QED) is 0.176. The zero-order valence-electron chi connectivity index (χ0n) is 30.4. The molecule has 0 saturated carbocycles. The number of para-hydroxylation sites is 2. The van der Waals surface area contributed by atoms with Gasteiger partial charge in [0.1, 0.15) is 11.2 Å². The molecule has 0 N–H and O–H groups in total. The van der Waals surface area contributed by atoms with Crippen LogP contribution in [0.5, 0.6) is 0 Å². The van der Waals surface area contributed by atoms with Gasteiger partial charge in [0, 0.05) is 64.1 Å². The molecule has 0 fully saturated rings. The molecule has 0 aliphatic heterocycles. The van der Waals surface area contributed by atoms with Crippen molar-refractivity contribution in [3.05, 3.63) is 182 Å². The lowest BCUT2D eigenvalue weighted by atomic mass is 10.0. The molecule has 0 unspecified atom stereocenters. The Morgan fingerprint density at radius 1 is 0.386 bits per heavy atom. The normalized spacial score (nSPS) is 11.9. The number of benzene rings is 8. The summed E-state index contributed by atoms with van der Waals surface area (Å²) >= 11 is 1.80. The Hall–Kier alpha value is -7.41. The molecule has 0 radical (unpaired) electrons. The predicted molar refractivity (Wildman–Crippen MR) is 236 cm³/mol. The minimum absolute atomic E-state index is 0.595. The van der Waals surface area contributed by atoms with Gasteiger partial charge in [-0.05, 0) is 77.9 Å². The van der Waals surface area contributed by atoms with Crippen LogP contribution in [0.4, 0.5) is 0 Å². The van der Waals surface area contributed by atoms with Crippen molar-refractivity contribution in [3.8, 4) is 51.0 Å². The fraction of sp³-hybridized carbons (Fsp3) is 0. The lowest BCUT2D eigenvalue weighted by Gasteiger charge is -2.12. The van der Waals surface area contributed by atoms with Crippen LogP contribution in [-0.4, -0.2) is 19.5 Å². The summed E-state index contributed by atoms with van der Waals surface area (Å²) in [5.41, 5.74) is 10.1. The van der Waals surface area contributed by atoms with E-state index in [9.17, 15) is 0 Å². The van der Waals surface area contributed by atoms with Crippen LogP contribution in [0.25, 0.3) is 115 Å². The van der Waals surface area contributed by atoms with Gasteiger partial charge in [0.15, 0.2) is 17.5 Å². The van der Waals surface area contributed by atoms with E-state index >= 15 is 0 Å². The first-order valence-electron chi connectivity index (χ1n) is 19.0. The van der Waals surface area contributed by atoms with Gasteiger partial charge < -0.3 is 8.98 Å². The molecule has 0 aliphatic rings. The summed E-state index contributed by atoms with van der Waals surface area (Å²) in [4.78, 5) is 15.7. The molecule has 266 valence electrons. The Morgan fingerprint density at radius 2 is 1.02 bits per heavy atom. The molecule has 5 nitrogen and oxygen atoms in total. The van der Waals surface area contributed by atoms with E-state index in [0.29, 0.717) is 17.5 Å². The standard InChI is InChI=1S/C51H30N4OS/c1-2-12-31(13-3-1)32-24-26-43-40(29-32)36-16-4-7-20-42(36)55(43)35-15-10-14-33(28-35)49-52-50(34-25-27-47-41(30-34)37-17-6-9-23-46(37)57-47)54-51(53-49)39-19-11-22-45-48(39)38-18-5-8-21-44(38)56-45/h1-30H. The average molecular weight is 747 g/mol. The highest BCUT2D eigenvalue weighted by molar-refractivity contribution is 7.25. The van der Waals surface area contributed by atoms with Gasteiger partial charge in [-0.3, -0.25) is 0 Å². The number of aromatic nitrogens is 4. The molecule has 57 heavy (non-hydrogen) atoms. The van der Waals surface area contributed by atoms with Crippen molar-refractivity contribution >= 4 is 75.3 Å². The molecule has 12 aromatic rings. The van der Waals surface area contributed by atoms with E-state index in [2.05, 4.69) is 156 Å². The summed E-state index contributed by atoms with van der Waals surface area (Å²) in [5.74, 6) is 1.81. The van der Waals surface area contributed by atoms with Crippen molar-refractivity contribution in [1.82, 2.24) is 19.5 Å². The molecule has 4 aromatic heterocycles. The van der Waals surface area contributed by atoms with E-state index in [1.165, 1.54) is 42.1 Å². The van der Waals surface area contributed by atoms with Gasteiger partial charge in [-0.2, -0.15) is 0 Å². The highest BCUT2D eigenvalue weighted by atomic mass is 32.1. The molecule has 8 aromatic carbocycles. The second-order valence-electron chi connectivity index (χ2n) is 14.4. The third-order valence-corrected chi connectivity index (χ3v) is 12.2. The molecule has 0 aliphatic carbocycles. The summed E-state index contributed by atoms with van der Waals surface area (Å²) in [6.45, 7) is 0. The summed E-state index contributed by atoms with van der Waals surface area (Å²) < 4.78 is 11.2. The second-order valence-corrected chi connectivity index (χ2v) is 15.5. The van der Waals surface area contributed by atoms with Crippen molar-refractivity contribution in [3.63, 3.8) is 0 Å². The second kappa shape index (κ2) is 12.6. The number of furan rings is 1. The van der Waals surface area contributed by atoms with Crippen molar-refractivity contribution in [2.24, 2.45) is 0 Å². The van der Waals surface area contributed by atoms with E-state index in [4.69, 9.17) is 19.4 Å². The lowest BCUT2D eigenvalue weighted by Crippen LogP contribution is -2.01. The van der Waals surface area contributed by atoms with Crippen LogP contribution in [0, 0.1) is 0 Å². The van der Waals surface area contributed by atoms with Crippen LogP contribution < -0.4 is 0 Å². The Morgan fingerprint density at radius 3 is 1.91 bits per heavy atom. The molecule has 0 bridgehead atoms. The SMILES string of the molecule is c1ccc(-c2ccc3c(c2)c2ccccc2n3-c2cccc(-c3nc(-c4ccc5sc6ccccc6c5c4)nc(-c4cccc5oc6ccccc6c45)n3)c2)cc1. The number of hydrogen-bond acceptors (Lipinski definition) is 5. The first-order chi connectivity index (χ1) is 28.2. The zero-order chi connectivity index (χ0) is 37.5. The molecule has 0 spiro atoms. The molecular formula is C51H30N4OS. The smallest absolute Gasteiger partial charge is 0.164 e. The predicted octanol–water partition coefficient (Wildman–Crippen LogP) is 13.9. The van der Waals surface area contributed by atoms with Gasteiger partial charge >= 0.3 is 0 Å². The Balaban J connectivity index is 1.07. The van der Waals surface area contributed by atoms with Gasteiger partial charge in [-0.15, -0.1) is 11.3 Å². The van der Waals surface area contributed by atoms with Crippen LogP contribution >= 0.6 is 11.3 Å². The largest absolute Gasteiger partial charge is 0.456 e. The summed E-state index contributed by atoms with van der Waals surface area (Å²) in [6.07, 6.45) is 0. The van der Waals surface area contributed by atoms with E-state index in [1.54, 1.807) is 11.3 Å². The van der Waals surface area contributed by atoms with Crippen LogP contribution in [-0.2, 0) is 0 Å². The van der Waals surface area contributed by atoms with E-state index in [0.717, 1.165) is 55.3 Å². The molecular weight excluding hydrogens is 717 g/mol. The van der Waals surface area contributed by atoms with Gasteiger partial charge in [-0.25, -0.2) is 15.0 Å². The maximum absolute atomic E-state index is 6.31. The zero-order valence-corrected chi connectivity index (χ0v) is 31.2. The monoisotopic (exact) mass is 746 g/mol. The van der Waals surface area contributed by atoms with Crippen LogP contribution in [0.15, 0.2) is 186 Å². The number of thiophene rings is 1. The van der Waals surface area contributed by atoms with E-state index in [-0.39, 0.29) is 0 Å². The Labute approximate surface area is 330 Å². The van der Waals surface area contributed by atoms with Crippen molar-refractivity contribution in [2.45, 2.75) is 0 Å².